The van der Waals surface area contributed by atoms with Gasteiger partial charge < -0.3 is 10.1 Å². The molecule has 2 heterocycles. The Morgan fingerprint density at radius 1 is 1.21 bits per heavy atom. The zero-order valence-electron chi connectivity index (χ0n) is 15.4. The van der Waals surface area contributed by atoms with Crippen molar-refractivity contribution in [3.05, 3.63) is 59.2 Å². The van der Waals surface area contributed by atoms with Crippen LogP contribution in [0.3, 0.4) is 0 Å². The van der Waals surface area contributed by atoms with E-state index in [9.17, 15) is 18.0 Å². The van der Waals surface area contributed by atoms with Crippen LogP contribution >= 0.6 is 0 Å². The van der Waals surface area contributed by atoms with E-state index in [1.165, 1.54) is 29.1 Å². The molecule has 3 rings (SSSR count). The summed E-state index contributed by atoms with van der Waals surface area (Å²) in [6.07, 6.45) is -2.94. The van der Waals surface area contributed by atoms with Gasteiger partial charge in [0, 0.05) is 13.2 Å². The number of halogens is 3. The molecule has 1 aromatic carbocycles. The van der Waals surface area contributed by atoms with Gasteiger partial charge in [0.1, 0.15) is 5.75 Å². The number of nitrogens with zero attached hydrogens (tertiary/aromatic N) is 4. The lowest BCUT2D eigenvalue weighted by Gasteiger charge is -2.10. The maximum Gasteiger partial charge on any atom is 0.416 e. The zero-order valence-corrected chi connectivity index (χ0v) is 15.4. The van der Waals surface area contributed by atoms with E-state index in [4.69, 9.17) is 4.74 Å². The number of ether oxygens (including phenoxy) is 1. The predicted octanol–water partition coefficient (Wildman–Crippen LogP) is 3.54. The molecule has 0 saturated carbocycles. The summed E-state index contributed by atoms with van der Waals surface area (Å²) in [5.74, 6) is -0.366. The topological polar surface area (TPSA) is 74.0 Å². The number of amides is 1. The number of anilines is 1. The molecule has 7 nitrogen and oxygen atoms in total. The van der Waals surface area contributed by atoms with Crippen molar-refractivity contribution in [1.82, 2.24) is 19.6 Å². The summed E-state index contributed by atoms with van der Waals surface area (Å²) >= 11 is 0. The van der Waals surface area contributed by atoms with Gasteiger partial charge in [-0.1, -0.05) is 6.07 Å². The Balaban J connectivity index is 1.65. The maximum absolute atomic E-state index is 12.7. The normalized spacial score (nSPS) is 11.5. The highest BCUT2D eigenvalue weighted by molar-refractivity contribution is 6.03. The minimum Gasteiger partial charge on any atom is -0.471 e. The summed E-state index contributed by atoms with van der Waals surface area (Å²) in [5.41, 5.74) is 1.45. The largest absolute Gasteiger partial charge is 0.471 e. The average molecular weight is 393 g/mol. The molecule has 0 spiro atoms. The SMILES string of the molecule is Cc1nn(C)c(C)c1NC(=O)c1ccn(COc2cccc(C(F)(F)F)c2)n1. The summed E-state index contributed by atoms with van der Waals surface area (Å²) in [6, 6.07) is 6.04. The van der Waals surface area contributed by atoms with Gasteiger partial charge in [0.15, 0.2) is 12.4 Å². The van der Waals surface area contributed by atoms with Crippen molar-refractivity contribution in [2.75, 3.05) is 5.32 Å². The highest BCUT2D eigenvalue weighted by Crippen LogP contribution is 2.31. The number of carbonyl (C=O) groups is 1. The quantitative estimate of drug-likeness (QED) is 0.720. The summed E-state index contributed by atoms with van der Waals surface area (Å²) in [5, 5.41) is 11.1. The highest BCUT2D eigenvalue weighted by Gasteiger charge is 2.30. The number of hydrogen-bond acceptors (Lipinski definition) is 4. The van der Waals surface area contributed by atoms with Crippen molar-refractivity contribution in [3.63, 3.8) is 0 Å². The van der Waals surface area contributed by atoms with Gasteiger partial charge in [-0.2, -0.15) is 23.4 Å². The molecule has 0 aliphatic rings. The van der Waals surface area contributed by atoms with Gasteiger partial charge >= 0.3 is 6.18 Å². The lowest BCUT2D eigenvalue weighted by Crippen LogP contribution is -2.15. The third kappa shape index (κ3) is 4.16. The monoisotopic (exact) mass is 393 g/mol. The Morgan fingerprint density at radius 2 is 1.96 bits per heavy atom. The van der Waals surface area contributed by atoms with Gasteiger partial charge in [-0.3, -0.25) is 9.48 Å². The predicted molar refractivity (Wildman–Crippen MR) is 94.9 cm³/mol. The maximum atomic E-state index is 12.7. The average Bonchev–Trinajstić information content (AvgIpc) is 3.20. The number of nitrogens with one attached hydrogen (secondary N) is 1. The number of alkyl halides is 3. The summed E-state index contributed by atoms with van der Waals surface area (Å²) in [4.78, 5) is 12.4. The van der Waals surface area contributed by atoms with E-state index in [1.54, 1.807) is 18.7 Å². The molecule has 0 fully saturated rings. The van der Waals surface area contributed by atoms with Crippen molar-refractivity contribution in [2.24, 2.45) is 7.05 Å². The Morgan fingerprint density at radius 3 is 2.61 bits per heavy atom. The number of aryl methyl sites for hydroxylation is 2. The molecule has 1 amide bonds. The fourth-order valence-electron chi connectivity index (χ4n) is 2.59. The second kappa shape index (κ2) is 7.37. The number of carbonyl (C=O) groups excluding carboxylic acids is 1. The van der Waals surface area contributed by atoms with Crippen molar-refractivity contribution in [1.29, 1.82) is 0 Å². The van der Waals surface area contributed by atoms with E-state index < -0.39 is 17.6 Å². The third-order valence-corrected chi connectivity index (χ3v) is 4.15. The first-order valence-corrected chi connectivity index (χ1v) is 8.30. The van der Waals surface area contributed by atoms with Gasteiger partial charge in [-0.15, -0.1) is 0 Å². The minimum absolute atomic E-state index is 0.0536. The first-order chi connectivity index (χ1) is 13.1. The van der Waals surface area contributed by atoms with E-state index >= 15 is 0 Å². The fourth-order valence-corrected chi connectivity index (χ4v) is 2.59. The van der Waals surface area contributed by atoms with Crippen LogP contribution in [0.1, 0.15) is 27.4 Å². The first-order valence-electron chi connectivity index (χ1n) is 8.30. The van der Waals surface area contributed by atoms with Crippen LogP contribution in [0.5, 0.6) is 5.75 Å². The Labute approximate surface area is 158 Å². The molecule has 0 radical (unpaired) electrons. The van der Waals surface area contributed by atoms with Crippen LogP contribution in [0.2, 0.25) is 0 Å². The van der Waals surface area contributed by atoms with Gasteiger partial charge in [0.05, 0.1) is 22.6 Å². The molecule has 2 aromatic heterocycles. The van der Waals surface area contributed by atoms with E-state index in [2.05, 4.69) is 15.5 Å². The van der Waals surface area contributed by atoms with E-state index in [0.29, 0.717) is 11.4 Å². The first kappa shape index (κ1) is 19.5. The highest BCUT2D eigenvalue weighted by atomic mass is 19.4. The van der Waals surface area contributed by atoms with Gasteiger partial charge in [-0.05, 0) is 38.1 Å². The molecule has 0 aliphatic heterocycles. The molecule has 3 aromatic rings. The summed E-state index contributed by atoms with van der Waals surface area (Å²) in [6.45, 7) is 3.47. The Bertz CT molecular complexity index is 1010. The van der Waals surface area contributed by atoms with E-state index in [0.717, 1.165) is 17.8 Å². The molecular weight excluding hydrogens is 375 g/mol. The number of rotatable bonds is 5. The van der Waals surface area contributed by atoms with E-state index in [1.807, 2.05) is 6.92 Å². The van der Waals surface area contributed by atoms with Crippen LogP contribution in [-0.4, -0.2) is 25.5 Å². The van der Waals surface area contributed by atoms with Crippen LogP contribution in [0.25, 0.3) is 0 Å². The van der Waals surface area contributed by atoms with Crippen molar-refractivity contribution in [3.8, 4) is 5.75 Å². The zero-order chi connectivity index (χ0) is 20.5. The van der Waals surface area contributed by atoms with Crippen molar-refractivity contribution >= 4 is 11.6 Å². The number of aromatic nitrogens is 4. The molecule has 148 valence electrons. The molecule has 0 aliphatic carbocycles. The molecule has 0 unspecified atom stereocenters. The van der Waals surface area contributed by atoms with Crippen molar-refractivity contribution in [2.45, 2.75) is 26.8 Å². The van der Waals surface area contributed by atoms with Gasteiger partial charge in [0.2, 0.25) is 0 Å². The molecule has 0 saturated heterocycles. The van der Waals surface area contributed by atoms with Crippen LogP contribution in [0.15, 0.2) is 36.5 Å². The van der Waals surface area contributed by atoms with E-state index in [-0.39, 0.29) is 18.2 Å². The Kier molecular flexibility index (Phi) is 5.12. The van der Waals surface area contributed by atoms with Crippen molar-refractivity contribution < 1.29 is 22.7 Å². The van der Waals surface area contributed by atoms with Crippen LogP contribution < -0.4 is 10.1 Å². The second-order valence-electron chi connectivity index (χ2n) is 6.16. The molecule has 0 bridgehead atoms. The molecule has 10 heteroatoms. The summed E-state index contributed by atoms with van der Waals surface area (Å²) < 4.78 is 46.5. The van der Waals surface area contributed by atoms with Crippen LogP contribution in [-0.2, 0) is 20.0 Å². The Hall–Kier alpha value is -3.30. The van der Waals surface area contributed by atoms with Gasteiger partial charge in [0.25, 0.3) is 5.91 Å². The number of benzene rings is 1. The minimum atomic E-state index is -4.45. The van der Waals surface area contributed by atoms with Crippen LogP contribution in [0.4, 0.5) is 18.9 Å². The molecule has 1 N–H and O–H groups in total. The standard InChI is InChI=1S/C18H18F3N5O2/c1-11-16(12(2)25(3)23-11)22-17(27)15-7-8-26(24-15)10-28-14-6-4-5-13(9-14)18(19,20)21/h4-9H,10H2,1-3H3,(H,22,27). The lowest BCUT2D eigenvalue weighted by molar-refractivity contribution is -0.137. The second-order valence-corrected chi connectivity index (χ2v) is 6.16. The number of hydrogen-bond donors (Lipinski definition) is 1. The molecule has 28 heavy (non-hydrogen) atoms. The smallest absolute Gasteiger partial charge is 0.416 e. The molecular formula is C18H18F3N5O2. The molecule has 0 atom stereocenters. The lowest BCUT2D eigenvalue weighted by atomic mass is 10.2. The third-order valence-electron chi connectivity index (χ3n) is 4.15. The van der Waals surface area contributed by atoms with Crippen LogP contribution in [0, 0.1) is 13.8 Å². The van der Waals surface area contributed by atoms with Gasteiger partial charge in [-0.25, -0.2) is 4.68 Å². The fraction of sp³-hybridized carbons (Fsp3) is 0.278. The summed E-state index contributed by atoms with van der Waals surface area (Å²) in [7, 11) is 1.78.